The van der Waals surface area contributed by atoms with Crippen molar-refractivity contribution in [3.63, 3.8) is 0 Å². The first-order valence-corrected chi connectivity index (χ1v) is 8.96. The van der Waals surface area contributed by atoms with E-state index in [0.717, 1.165) is 0 Å². The van der Waals surface area contributed by atoms with Crippen molar-refractivity contribution in [3.05, 3.63) is 23.8 Å². The first kappa shape index (κ1) is 21.8. The highest BCUT2D eigenvalue weighted by atomic mass is 16.5. The van der Waals surface area contributed by atoms with Gasteiger partial charge in [0.25, 0.3) is 5.91 Å². The molecule has 146 valence electrons. The smallest absolute Gasteiger partial charge is 0.325 e. The minimum absolute atomic E-state index is 0.0303. The summed E-state index contributed by atoms with van der Waals surface area (Å²) in [6.45, 7) is 11.7. The molecule has 1 rings (SSSR count). The van der Waals surface area contributed by atoms with E-state index in [-0.39, 0.29) is 30.5 Å². The van der Waals surface area contributed by atoms with Crippen molar-refractivity contribution < 1.29 is 23.8 Å². The van der Waals surface area contributed by atoms with E-state index in [1.54, 1.807) is 18.2 Å². The van der Waals surface area contributed by atoms with Crippen LogP contribution in [-0.4, -0.2) is 49.2 Å². The number of amides is 1. The Bertz CT molecular complexity index is 610. The summed E-state index contributed by atoms with van der Waals surface area (Å²) in [5, 5.41) is 0. The molecule has 0 spiro atoms. The minimum atomic E-state index is -0.415. The molecule has 0 heterocycles. The van der Waals surface area contributed by atoms with E-state index in [9.17, 15) is 9.59 Å². The van der Waals surface area contributed by atoms with Crippen LogP contribution in [0, 0.1) is 5.92 Å². The Balaban J connectivity index is 3.02. The summed E-state index contributed by atoms with van der Waals surface area (Å²) in [6.07, 6.45) is -0.0303. The van der Waals surface area contributed by atoms with Crippen LogP contribution in [0.1, 0.15) is 51.9 Å². The lowest BCUT2D eigenvalue weighted by Crippen LogP contribution is -2.41. The standard InChI is InChI=1S/C20H31NO5/c1-13(2)12-25-19(22)11-21(14(3)4)20(23)16-8-17(24-7)10-18(9-16)26-15(5)6/h8-10,13-15H,11-12H2,1-7H3. The van der Waals surface area contributed by atoms with Crippen molar-refractivity contribution in [2.24, 2.45) is 5.92 Å². The largest absolute Gasteiger partial charge is 0.497 e. The van der Waals surface area contributed by atoms with Gasteiger partial charge in [0.1, 0.15) is 18.0 Å². The monoisotopic (exact) mass is 365 g/mol. The summed E-state index contributed by atoms with van der Waals surface area (Å²) < 4.78 is 16.2. The first-order chi connectivity index (χ1) is 12.1. The van der Waals surface area contributed by atoms with E-state index in [1.165, 1.54) is 12.0 Å². The van der Waals surface area contributed by atoms with Crippen LogP contribution >= 0.6 is 0 Å². The Hall–Kier alpha value is -2.24. The lowest BCUT2D eigenvalue weighted by atomic mass is 10.1. The molecule has 0 aliphatic heterocycles. The fraction of sp³-hybridized carbons (Fsp3) is 0.600. The van der Waals surface area contributed by atoms with Crippen LogP contribution in [0.5, 0.6) is 11.5 Å². The molecule has 26 heavy (non-hydrogen) atoms. The quantitative estimate of drug-likeness (QED) is 0.626. The van der Waals surface area contributed by atoms with E-state index >= 15 is 0 Å². The van der Waals surface area contributed by atoms with E-state index in [2.05, 4.69) is 0 Å². The number of nitrogens with zero attached hydrogens (tertiary/aromatic N) is 1. The third kappa shape index (κ3) is 6.94. The van der Waals surface area contributed by atoms with Gasteiger partial charge in [-0.1, -0.05) is 13.8 Å². The average molecular weight is 365 g/mol. The van der Waals surface area contributed by atoms with Crippen LogP contribution in [0.25, 0.3) is 0 Å². The second-order valence-electron chi connectivity index (χ2n) is 7.17. The van der Waals surface area contributed by atoms with Crippen molar-refractivity contribution in [2.75, 3.05) is 20.3 Å². The highest BCUT2D eigenvalue weighted by Gasteiger charge is 2.23. The second-order valence-corrected chi connectivity index (χ2v) is 7.17. The number of esters is 1. The van der Waals surface area contributed by atoms with Crippen molar-refractivity contribution >= 4 is 11.9 Å². The normalized spacial score (nSPS) is 11.0. The van der Waals surface area contributed by atoms with Crippen molar-refractivity contribution in [1.82, 2.24) is 4.90 Å². The van der Waals surface area contributed by atoms with Gasteiger partial charge in [0.2, 0.25) is 0 Å². The molecular formula is C20H31NO5. The Morgan fingerprint density at radius 2 is 1.62 bits per heavy atom. The molecule has 0 aliphatic carbocycles. The molecule has 0 atom stereocenters. The lowest BCUT2D eigenvalue weighted by Gasteiger charge is -2.26. The molecular weight excluding hydrogens is 334 g/mol. The second kappa shape index (κ2) is 10.0. The molecule has 6 heteroatoms. The number of methoxy groups -OCH3 is 1. The van der Waals surface area contributed by atoms with E-state index < -0.39 is 5.97 Å². The fourth-order valence-electron chi connectivity index (χ4n) is 2.25. The minimum Gasteiger partial charge on any atom is -0.497 e. The summed E-state index contributed by atoms with van der Waals surface area (Å²) in [5.41, 5.74) is 0.408. The Morgan fingerprint density at radius 1 is 1.00 bits per heavy atom. The average Bonchev–Trinajstić information content (AvgIpc) is 2.55. The van der Waals surface area contributed by atoms with Gasteiger partial charge >= 0.3 is 5.97 Å². The summed E-state index contributed by atoms with van der Waals surface area (Å²) in [6, 6.07) is 4.88. The van der Waals surface area contributed by atoms with E-state index in [0.29, 0.717) is 23.7 Å². The molecule has 1 amide bonds. The van der Waals surface area contributed by atoms with Gasteiger partial charge in [-0.05, 0) is 45.7 Å². The highest BCUT2D eigenvalue weighted by molar-refractivity contribution is 5.97. The van der Waals surface area contributed by atoms with Gasteiger partial charge in [-0.15, -0.1) is 0 Å². The van der Waals surface area contributed by atoms with Crippen LogP contribution in [-0.2, 0) is 9.53 Å². The van der Waals surface area contributed by atoms with Crippen LogP contribution in [0.3, 0.4) is 0 Å². The van der Waals surface area contributed by atoms with Crippen molar-refractivity contribution in [3.8, 4) is 11.5 Å². The predicted molar refractivity (Wildman–Crippen MR) is 101 cm³/mol. The molecule has 0 N–H and O–H groups in total. The summed E-state index contributed by atoms with van der Waals surface area (Å²) in [4.78, 5) is 26.5. The number of rotatable bonds is 9. The maximum absolute atomic E-state index is 13.0. The molecule has 0 fully saturated rings. The number of carbonyl (C=O) groups is 2. The zero-order chi connectivity index (χ0) is 19.9. The molecule has 1 aromatic rings. The maximum atomic E-state index is 13.0. The fourth-order valence-corrected chi connectivity index (χ4v) is 2.25. The number of benzene rings is 1. The van der Waals surface area contributed by atoms with E-state index in [1.807, 2.05) is 41.5 Å². The summed E-state index contributed by atoms with van der Waals surface area (Å²) in [5.74, 6) is 0.638. The Labute approximate surface area is 156 Å². The van der Waals surface area contributed by atoms with Gasteiger partial charge in [-0.3, -0.25) is 9.59 Å². The zero-order valence-electron chi connectivity index (χ0n) is 16.9. The van der Waals surface area contributed by atoms with Crippen LogP contribution in [0.15, 0.2) is 18.2 Å². The van der Waals surface area contributed by atoms with Gasteiger partial charge in [0, 0.05) is 17.7 Å². The van der Waals surface area contributed by atoms with Gasteiger partial charge in [-0.25, -0.2) is 0 Å². The number of hydrogen-bond acceptors (Lipinski definition) is 5. The molecule has 0 aliphatic rings. The topological polar surface area (TPSA) is 65.1 Å². The van der Waals surface area contributed by atoms with E-state index in [4.69, 9.17) is 14.2 Å². The zero-order valence-corrected chi connectivity index (χ0v) is 16.9. The number of ether oxygens (including phenoxy) is 3. The molecule has 0 saturated carbocycles. The third-order valence-corrected chi connectivity index (χ3v) is 3.50. The Kier molecular flexibility index (Phi) is 8.42. The van der Waals surface area contributed by atoms with Gasteiger partial charge in [0.05, 0.1) is 19.8 Å². The molecule has 0 aromatic heterocycles. The Morgan fingerprint density at radius 3 is 2.12 bits per heavy atom. The van der Waals surface area contributed by atoms with Gasteiger partial charge in [-0.2, -0.15) is 0 Å². The highest BCUT2D eigenvalue weighted by Crippen LogP contribution is 2.25. The van der Waals surface area contributed by atoms with Crippen molar-refractivity contribution in [2.45, 2.75) is 53.7 Å². The van der Waals surface area contributed by atoms with Crippen LogP contribution in [0.4, 0.5) is 0 Å². The summed E-state index contributed by atoms with van der Waals surface area (Å²) in [7, 11) is 1.53. The number of hydrogen-bond donors (Lipinski definition) is 0. The molecule has 1 aromatic carbocycles. The molecule has 6 nitrogen and oxygen atoms in total. The number of carbonyl (C=O) groups excluding carboxylic acids is 2. The van der Waals surface area contributed by atoms with Crippen LogP contribution < -0.4 is 9.47 Å². The molecule has 0 saturated heterocycles. The van der Waals surface area contributed by atoms with Crippen molar-refractivity contribution in [1.29, 1.82) is 0 Å². The maximum Gasteiger partial charge on any atom is 0.325 e. The first-order valence-electron chi connectivity index (χ1n) is 8.96. The van der Waals surface area contributed by atoms with Crippen LogP contribution in [0.2, 0.25) is 0 Å². The third-order valence-electron chi connectivity index (χ3n) is 3.50. The SMILES string of the molecule is COc1cc(OC(C)C)cc(C(=O)N(CC(=O)OCC(C)C)C(C)C)c1. The lowest BCUT2D eigenvalue weighted by molar-refractivity contribution is -0.145. The van der Waals surface area contributed by atoms with Gasteiger partial charge in [0.15, 0.2) is 0 Å². The molecule has 0 unspecified atom stereocenters. The predicted octanol–water partition coefficient (Wildman–Crippen LogP) is 3.53. The molecule has 0 radical (unpaired) electrons. The van der Waals surface area contributed by atoms with Gasteiger partial charge < -0.3 is 19.1 Å². The molecule has 0 bridgehead atoms. The summed E-state index contributed by atoms with van der Waals surface area (Å²) >= 11 is 0.